The fourth-order valence-corrected chi connectivity index (χ4v) is 1.47. The lowest BCUT2D eigenvalue weighted by molar-refractivity contribution is 0.0827. The van der Waals surface area contributed by atoms with Crippen molar-refractivity contribution in [3.8, 4) is 0 Å². The summed E-state index contributed by atoms with van der Waals surface area (Å²) in [4.78, 5) is 13.7. The van der Waals surface area contributed by atoms with Gasteiger partial charge in [-0.1, -0.05) is 30.4 Å². The van der Waals surface area contributed by atoms with Gasteiger partial charge in [-0.3, -0.25) is 4.79 Å². The molecule has 0 fully saturated rings. The largest absolute Gasteiger partial charge is 0.393 e. The molecule has 2 N–H and O–H groups in total. The molecule has 1 amide bonds. The Labute approximate surface area is 94.9 Å². The molecule has 4 heteroatoms. The molecule has 1 rings (SSSR count). The zero-order valence-corrected chi connectivity index (χ0v) is 9.67. The first-order valence-corrected chi connectivity index (χ1v) is 5.01. The fourth-order valence-electron chi connectivity index (χ4n) is 1.31. The van der Waals surface area contributed by atoms with Crippen molar-refractivity contribution in [1.82, 2.24) is 4.90 Å². The third kappa shape index (κ3) is 3.02. The Balaban J connectivity index is 3.06. The standard InChI is InChI=1S/C11H14N2OS/c1-13(2)11(14)9-6-4-3-5-8(9)7-10(12)15/h3-6H,7H2,1-2H3,(H2,12,15). The minimum atomic E-state index is -0.0261. The highest BCUT2D eigenvalue weighted by molar-refractivity contribution is 7.80. The molecular formula is C11H14N2OS. The SMILES string of the molecule is CN(C)C(=O)c1ccccc1CC(N)=S. The van der Waals surface area contributed by atoms with Crippen molar-refractivity contribution < 1.29 is 4.79 Å². The monoisotopic (exact) mass is 222 g/mol. The third-order valence-electron chi connectivity index (χ3n) is 2.02. The normalized spacial score (nSPS) is 9.73. The van der Waals surface area contributed by atoms with Crippen molar-refractivity contribution in [2.24, 2.45) is 5.73 Å². The summed E-state index contributed by atoms with van der Waals surface area (Å²) in [7, 11) is 3.44. The van der Waals surface area contributed by atoms with Crippen LogP contribution in [0.3, 0.4) is 0 Å². The van der Waals surface area contributed by atoms with E-state index in [0.29, 0.717) is 17.0 Å². The molecule has 0 heterocycles. The molecule has 0 saturated carbocycles. The van der Waals surface area contributed by atoms with E-state index in [1.807, 2.05) is 18.2 Å². The second-order valence-corrected chi connectivity index (χ2v) is 4.02. The molecule has 0 aliphatic carbocycles. The molecule has 0 aliphatic heterocycles. The van der Waals surface area contributed by atoms with E-state index >= 15 is 0 Å². The summed E-state index contributed by atoms with van der Waals surface area (Å²) in [6.07, 6.45) is 0.463. The molecule has 0 aliphatic rings. The lowest BCUT2D eigenvalue weighted by Gasteiger charge is -2.13. The summed E-state index contributed by atoms with van der Waals surface area (Å²) in [5, 5.41) is 0. The van der Waals surface area contributed by atoms with Gasteiger partial charge in [0.05, 0.1) is 4.99 Å². The smallest absolute Gasteiger partial charge is 0.253 e. The van der Waals surface area contributed by atoms with Crippen LogP contribution in [0.4, 0.5) is 0 Å². The van der Waals surface area contributed by atoms with Gasteiger partial charge in [-0.05, 0) is 11.6 Å². The average Bonchev–Trinajstić information content (AvgIpc) is 2.16. The highest BCUT2D eigenvalue weighted by atomic mass is 32.1. The van der Waals surface area contributed by atoms with Gasteiger partial charge in [0.25, 0.3) is 5.91 Å². The molecule has 0 radical (unpaired) electrons. The zero-order chi connectivity index (χ0) is 11.4. The predicted molar refractivity (Wildman–Crippen MR) is 64.9 cm³/mol. The van der Waals surface area contributed by atoms with E-state index in [9.17, 15) is 4.79 Å². The number of nitrogens with zero attached hydrogens (tertiary/aromatic N) is 1. The number of hydrogen-bond donors (Lipinski definition) is 1. The summed E-state index contributed by atoms with van der Waals surface area (Å²) >= 11 is 4.84. The highest BCUT2D eigenvalue weighted by Crippen LogP contribution is 2.11. The van der Waals surface area contributed by atoms with Gasteiger partial charge >= 0.3 is 0 Å². The number of benzene rings is 1. The maximum atomic E-state index is 11.8. The Morgan fingerprint density at radius 1 is 1.40 bits per heavy atom. The highest BCUT2D eigenvalue weighted by Gasteiger charge is 2.12. The molecule has 0 unspecified atom stereocenters. The fraction of sp³-hybridized carbons (Fsp3) is 0.273. The van der Waals surface area contributed by atoms with Crippen LogP contribution in [0.5, 0.6) is 0 Å². The minimum Gasteiger partial charge on any atom is -0.393 e. The van der Waals surface area contributed by atoms with Crippen LogP contribution in [-0.4, -0.2) is 29.9 Å². The van der Waals surface area contributed by atoms with E-state index in [1.165, 1.54) is 0 Å². The molecule has 0 spiro atoms. The molecule has 0 atom stereocenters. The van der Waals surface area contributed by atoms with Gasteiger partial charge < -0.3 is 10.6 Å². The van der Waals surface area contributed by atoms with Gasteiger partial charge in [-0.2, -0.15) is 0 Å². The summed E-state index contributed by atoms with van der Waals surface area (Å²) in [5.41, 5.74) is 7.02. The third-order valence-corrected chi connectivity index (χ3v) is 2.16. The number of rotatable bonds is 3. The summed E-state index contributed by atoms with van der Waals surface area (Å²) < 4.78 is 0. The van der Waals surface area contributed by atoms with Crippen LogP contribution in [0, 0.1) is 0 Å². The lowest BCUT2D eigenvalue weighted by atomic mass is 10.0. The van der Waals surface area contributed by atoms with E-state index in [1.54, 1.807) is 25.1 Å². The second kappa shape index (κ2) is 4.89. The average molecular weight is 222 g/mol. The van der Waals surface area contributed by atoms with Crippen LogP contribution in [-0.2, 0) is 6.42 Å². The topological polar surface area (TPSA) is 46.3 Å². The Hall–Kier alpha value is -1.42. The molecular weight excluding hydrogens is 208 g/mol. The Kier molecular flexibility index (Phi) is 3.80. The number of carbonyl (C=O) groups excluding carboxylic acids is 1. The predicted octanol–water partition coefficient (Wildman–Crippen LogP) is 1.22. The molecule has 1 aromatic rings. The van der Waals surface area contributed by atoms with Gasteiger partial charge in [0.2, 0.25) is 0 Å². The van der Waals surface area contributed by atoms with Gasteiger partial charge in [0.1, 0.15) is 0 Å². The molecule has 3 nitrogen and oxygen atoms in total. The summed E-state index contributed by atoms with van der Waals surface area (Å²) in [5.74, 6) is -0.0261. The van der Waals surface area contributed by atoms with Gasteiger partial charge in [-0.25, -0.2) is 0 Å². The second-order valence-electron chi connectivity index (χ2n) is 3.50. The van der Waals surface area contributed by atoms with Crippen LogP contribution < -0.4 is 5.73 Å². The van der Waals surface area contributed by atoms with Crippen molar-refractivity contribution in [1.29, 1.82) is 0 Å². The molecule has 0 bridgehead atoms. The van der Waals surface area contributed by atoms with Gasteiger partial charge in [0.15, 0.2) is 0 Å². The maximum Gasteiger partial charge on any atom is 0.253 e. The van der Waals surface area contributed by atoms with E-state index in [0.717, 1.165) is 5.56 Å². The Bertz CT molecular complexity index is 388. The minimum absolute atomic E-state index is 0.0261. The van der Waals surface area contributed by atoms with Crippen LogP contribution in [0.15, 0.2) is 24.3 Å². The summed E-state index contributed by atoms with van der Waals surface area (Å²) in [6.45, 7) is 0. The lowest BCUT2D eigenvalue weighted by Crippen LogP contribution is -2.24. The number of nitrogens with two attached hydrogens (primary N) is 1. The van der Waals surface area contributed by atoms with Crippen LogP contribution >= 0.6 is 12.2 Å². The Morgan fingerprint density at radius 2 is 2.00 bits per heavy atom. The molecule has 1 aromatic carbocycles. The molecule has 0 saturated heterocycles. The quantitative estimate of drug-likeness (QED) is 0.782. The van der Waals surface area contributed by atoms with Crippen LogP contribution in [0.2, 0.25) is 0 Å². The van der Waals surface area contributed by atoms with Crippen molar-refractivity contribution >= 4 is 23.1 Å². The van der Waals surface area contributed by atoms with Crippen LogP contribution in [0.1, 0.15) is 15.9 Å². The first-order valence-electron chi connectivity index (χ1n) is 4.60. The van der Waals surface area contributed by atoms with Crippen molar-refractivity contribution in [2.45, 2.75) is 6.42 Å². The Morgan fingerprint density at radius 3 is 2.53 bits per heavy atom. The van der Waals surface area contributed by atoms with Crippen molar-refractivity contribution in [3.05, 3.63) is 35.4 Å². The number of thiocarbonyl (C=S) groups is 1. The van der Waals surface area contributed by atoms with E-state index in [4.69, 9.17) is 18.0 Å². The van der Waals surface area contributed by atoms with Crippen molar-refractivity contribution in [3.63, 3.8) is 0 Å². The summed E-state index contributed by atoms with van der Waals surface area (Å²) in [6, 6.07) is 7.37. The zero-order valence-electron chi connectivity index (χ0n) is 8.86. The molecule has 15 heavy (non-hydrogen) atoms. The van der Waals surface area contributed by atoms with E-state index in [-0.39, 0.29) is 5.91 Å². The van der Waals surface area contributed by atoms with Crippen molar-refractivity contribution in [2.75, 3.05) is 14.1 Å². The van der Waals surface area contributed by atoms with Crippen LogP contribution in [0.25, 0.3) is 0 Å². The van der Waals surface area contributed by atoms with Gasteiger partial charge in [0, 0.05) is 26.1 Å². The number of carbonyl (C=O) groups is 1. The van der Waals surface area contributed by atoms with E-state index in [2.05, 4.69) is 0 Å². The van der Waals surface area contributed by atoms with Gasteiger partial charge in [-0.15, -0.1) is 0 Å². The van der Waals surface area contributed by atoms with E-state index < -0.39 is 0 Å². The number of amides is 1. The first-order chi connectivity index (χ1) is 7.02. The first kappa shape index (κ1) is 11.7. The number of hydrogen-bond acceptors (Lipinski definition) is 2. The maximum absolute atomic E-state index is 11.8. The molecule has 80 valence electrons. The molecule has 0 aromatic heterocycles.